The van der Waals surface area contributed by atoms with E-state index in [4.69, 9.17) is 0 Å². The molecule has 2 rings (SSSR count). The van der Waals surface area contributed by atoms with Gasteiger partial charge in [-0.25, -0.2) is 8.78 Å². The number of hydrogen-bond acceptors (Lipinski definition) is 4. The van der Waals surface area contributed by atoms with Crippen LogP contribution in [0, 0.1) is 16.0 Å². The summed E-state index contributed by atoms with van der Waals surface area (Å²) in [5.74, 6) is 0.0273. The number of rotatable bonds is 5. The Morgan fingerprint density at radius 1 is 1.38 bits per heavy atom. The lowest BCUT2D eigenvalue weighted by Gasteiger charge is -2.28. The van der Waals surface area contributed by atoms with E-state index in [9.17, 15) is 24.0 Å². The topological polar surface area (TPSA) is 75.4 Å². The third-order valence-electron chi connectivity index (χ3n) is 3.90. The van der Waals surface area contributed by atoms with E-state index in [2.05, 4.69) is 5.32 Å². The fourth-order valence-electron chi connectivity index (χ4n) is 2.67. The quantitative estimate of drug-likeness (QED) is 0.644. The van der Waals surface area contributed by atoms with E-state index in [-0.39, 0.29) is 22.9 Å². The Morgan fingerprint density at radius 2 is 2.10 bits per heavy atom. The highest BCUT2D eigenvalue weighted by Crippen LogP contribution is 2.32. The van der Waals surface area contributed by atoms with Crippen molar-refractivity contribution in [3.05, 3.63) is 33.9 Å². The first-order chi connectivity index (χ1) is 9.99. The van der Waals surface area contributed by atoms with Crippen LogP contribution in [0.4, 0.5) is 20.2 Å². The number of nitro groups is 1. The summed E-state index contributed by atoms with van der Waals surface area (Å²) in [6.45, 7) is 0.388. The Kier molecular flexibility index (Phi) is 5.06. The van der Waals surface area contributed by atoms with Crippen molar-refractivity contribution in [2.24, 2.45) is 5.92 Å². The fraction of sp³-hybridized carbons (Fsp3) is 0.571. The molecule has 0 radical (unpaired) electrons. The van der Waals surface area contributed by atoms with E-state index >= 15 is 0 Å². The van der Waals surface area contributed by atoms with Crippen LogP contribution < -0.4 is 5.32 Å². The zero-order valence-electron chi connectivity index (χ0n) is 11.5. The molecule has 1 aliphatic rings. The molecule has 1 aromatic rings. The smallest absolute Gasteiger partial charge is 0.270 e. The number of aliphatic hydroxyl groups excluding tert-OH is 1. The first-order valence-electron chi connectivity index (χ1n) is 6.97. The van der Waals surface area contributed by atoms with E-state index in [0.29, 0.717) is 6.54 Å². The summed E-state index contributed by atoms with van der Waals surface area (Å²) in [5.41, 5.74) is -0.545. The van der Waals surface area contributed by atoms with Crippen LogP contribution in [-0.4, -0.2) is 22.7 Å². The Morgan fingerprint density at radius 3 is 2.71 bits per heavy atom. The summed E-state index contributed by atoms with van der Waals surface area (Å²) in [5, 5.41) is 23.4. The van der Waals surface area contributed by atoms with Gasteiger partial charge in [-0.2, -0.15) is 0 Å². The first-order valence-corrected chi connectivity index (χ1v) is 6.97. The van der Waals surface area contributed by atoms with Crippen molar-refractivity contribution >= 4 is 11.4 Å². The van der Waals surface area contributed by atoms with E-state index in [1.165, 1.54) is 12.1 Å². The van der Waals surface area contributed by atoms with Crippen LogP contribution in [-0.2, 0) is 0 Å². The van der Waals surface area contributed by atoms with Gasteiger partial charge in [-0.05, 0) is 18.9 Å². The van der Waals surface area contributed by atoms with Gasteiger partial charge in [0, 0.05) is 35.8 Å². The number of nitrogens with zero attached hydrogens (tertiary/aromatic N) is 1. The molecule has 21 heavy (non-hydrogen) atoms. The maximum atomic E-state index is 13.0. The number of nitrogens with one attached hydrogen (secondary N) is 1. The van der Waals surface area contributed by atoms with Gasteiger partial charge in [-0.1, -0.05) is 12.8 Å². The molecule has 0 bridgehead atoms. The zero-order chi connectivity index (χ0) is 15.4. The van der Waals surface area contributed by atoms with Crippen LogP contribution >= 0.6 is 0 Å². The minimum atomic E-state index is -2.79. The van der Waals surface area contributed by atoms with E-state index in [0.717, 1.165) is 31.7 Å². The second-order valence-corrected chi connectivity index (χ2v) is 5.32. The van der Waals surface area contributed by atoms with Crippen molar-refractivity contribution in [1.82, 2.24) is 0 Å². The van der Waals surface area contributed by atoms with Crippen LogP contribution in [0.5, 0.6) is 0 Å². The maximum absolute atomic E-state index is 13.0. The second-order valence-electron chi connectivity index (χ2n) is 5.32. The monoisotopic (exact) mass is 300 g/mol. The van der Waals surface area contributed by atoms with Crippen LogP contribution in [0.3, 0.4) is 0 Å². The van der Waals surface area contributed by atoms with E-state index < -0.39 is 17.5 Å². The predicted molar refractivity (Wildman–Crippen MR) is 74.5 cm³/mol. The molecule has 0 saturated heterocycles. The van der Waals surface area contributed by atoms with Gasteiger partial charge in [-0.15, -0.1) is 0 Å². The standard InChI is InChI=1S/C14H18F2N2O3/c15-14(16)11-7-10(18(20)21)5-6-12(11)17-8-9-3-1-2-4-13(9)19/h5-7,9,13-14,17,19H,1-4,8H2. The highest BCUT2D eigenvalue weighted by atomic mass is 19.3. The number of non-ortho nitro benzene ring substituents is 1. The second kappa shape index (κ2) is 6.80. The number of halogens is 2. The summed E-state index contributed by atoms with van der Waals surface area (Å²) in [7, 11) is 0. The highest BCUT2D eigenvalue weighted by Gasteiger charge is 2.24. The molecule has 0 spiro atoms. The van der Waals surface area contributed by atoms with Gasteiger partial charge < -0.3 is 10.4 Å². The van der Waals surface area contributed by atoms with Crippen LogP contribution in [0.2, 0.25) is 0 Å². The summed E-state index contributed by atoms with van der Waals surface area (Å²) in [4.78, 5) is 9.95. The molecule has 0 heterocycles. The van der Waals surface area contributed by atoms with Crippen molar-refractivity contribution in [3.8, 4) is 0 Å². The minimum absolute atomic E-state index is 0.0273. The zero-order valence-corrected chi connectivity index (χ0v) is 11.5. The molecule has 2 atom stereocenters. The van der Waals surface area contributed by atoms with Crippen molar-refractivity contribution < 1.29 is 18.8 Å². The number of aliphatic hydroxyl groups is 1. The average Bonchev–Trinajstić information content (AvgIpc) is 2.46. The molecular formula is C14H18F2N2O3. The highest BCUT2D eigenvalue weighted by molar-refractivity contribution is 5.56. The molecule has 0 aliphatic heterocycles. The molecule has 1 saturated carbocycles. The summed E-state index contributed by atoms with van der Waals surface area (Å²) in [6, 6.07) is 3.39. The average molecular weight is 300 g/mol. The van der Waals surface area contributed by atoms with E-state index in [1.807, 2.05) is 0 Å². The summed E-state index contributed by atoms with van der Waals surface area (Å²) in [6.07, 6.45) is 0.380. The molecule has 2 N–H and O–H groups in total. The molecule has 0 aromatic heterocycles. The van der Waals surface area contributed by atoms with Crippen molar-refractivity contribution in [2.45, 2.75) is 38.2 Å². The lowest BCUT2D eigenvalue weighted by Crippen LogP contribution is -2.30. The SMILES string of the molecule is O=[N+]([O-])c1ccc(NCC2CCCCC2O)c(C(F)F)c1. The molecular weight excluding hydrogens is 282 g/mol. The minimum Gasteiger partial charge on any atom is -0.393 e. The van der Waals surface area contributed by atoms with Gasteiger partial charge in [0.25, 0.3) is 12.1 Å². The number of nitro benzene ring substituents is 1. The maximum Gasteiger partial charge on any atom is 0.270 e. The summed E-state index contributed by atoms with van der Waals surface area (Å²) >= 11 is 0. The largest absolute Gasteiger partial charge is 0.393 e. The normalized spacial score (nSPS) is 22.3. The molecule has 1 aromatic carbocycles. The Labute approximate surface area is 121 Å². The Balaban J connectivity index is 2.10. The van der Waals surface area contributed by atoms with Crippen molar-refractivity contribution in [2.75, 3.05) is 11.9 Å². The lowest BCUT2D eigenvalue weighted by molar-refractivity contribution is -0.385. The van der Waals surface area contributed by atoms with Crippen molar-refractivity contribution in [1.29, 1.82) is 0 Å². The van der Waals surface area contributed by atoms with Gasteiger partial charge >= 0.3 is 0 Å². The van der Waals surface area contributed by atoms with Gasteiger partial charge in [0.05, 0.1) is 11.0 Å². The molecule has 7 heteroatoms. The Bertz CT molecular complexity index is 511. The van der Waals surface area contributed by atoms with E-state index in [1.54, 1.807) is 0 Å². The van der Waals surface area contributed by atoms with Crippen LogP contribution in [0.25, 0.3) is 0 Å². The molecule has 0 amide bonds. The van der Waals surface area contributed by atoms with Crippen LogP contribution in [0.1, 0.15) is 37.7 Å². The number of hydrogen-bond donors (Lipinski definition) is 2. The molecule has 1 aliphatic carbocycles. The Hall–Kier alpha value is -1.76. The lowest BCUT2D eigenvalue weighted by atomic mass is 9.86. The number of benzene rings is 1. The predicted octanol–water partition coefficient (Wildman–Crippen LogP) is 3.50. The van der Waals surface area contributed by atoms with Crippen molar-refractivity contribution in [3.63, 3.8) is 0 Å². The summed E-state index contributed by atoms with van der Waals surface area (Å²) < 4.78 is 26.0. The van der Waals surface area contributed by atoms with Gasteiger partial charge in [-0.3, -0.25) is 10.1 Å². The number of alkyl halides is 2. The molecule has 1 fully saturated rings. The molecule has 2 unspecified atom stereocenters. The first kappa shape index (κ1) is 15.6. The van der Waals surface area contributed by atoms with Crippen LogP contribution in [0.15, 0.2) is 18.2 Å². The third kappa shape index (κ3) is 3.87. The molecule has 116 valence electrons. The van der Waals surface area contributed by atoms with Gasteiger partial charge in [0.1, 0.15) is 0 Å². The van der Waals surface area contributed by atoms with Gasteiger partial charge in [0.2, 0.25) is 0 Å². The molecule has 5 nitrogen and oxygen atoms in total. The fourth-order valence-corrected chi connectivity index (χ4v) is 2.67. The number of anilines is 1. The van der Waals surface area contributed by atoms with Gasteiger partial charge in [0.15, 0.2) is 0 Å². The third-order valence-corrected chi connectivity index (χ3v) is 3.90.